The number of nitrogens with one attached hydrogen (secondary N) is 1. The quantitative estimate of drug-likeness (QED) is 0.599. The summed E-state index contributed by atoms with van der Waals surface area (Å²) in [4.78, 5) is 15.2. The molecule has 1 aromatic heterocycles. The van der Waals surface area contributed by atoms with Crippen LogP contribution in [0.15, 0.2) is 48.7 Å². The Labute approximate surface area is 200 Å². The molecular formula is C27H31N5O2. The van der Waals surface area contributed by atoms with Gasteiger partial charge in [-0.05, 0) is 82.8 Å². The number of amides is 1. The van der Waals surface area contributed by atoms with E-state index in [9.17, 15) is 4.79 Å². The number of piperidine rings is 1. The Morgan fingerprint density at radius 2 is 1.82 bits per heavy atom. The van der Waals surface area contributed by atoms with E-state index in [2.05, 4.69) is 34.7 Å². The van der Waals surface area contributed by atoms with Crippen molar-refractivity contribution < 1.29 is 9.53 Å². The molecule has 0 radical (unpaired) electrons. The molecule has 1 unspecified atom stereocenters. The lowest BCUT2D eigenvalue weighted by molar-refractivity contribution is -0.120. The normalized spacial score (nSPS) is 20.7. The van der Waals surface area contributed by atoms with Gasteiger partial charge in [0, 0.05) is 23.1 Å². The van der Waals surface area contributed by atoms with E-state index in [-0.39, 0.29) is 17.9 Å². The van der Waals surface area contributed by atoms with Crippen molar-refractivity contribution in [2.24, 2.45) is 5.92 Å². The highest BCUT2D eigenvalue weighted by Gasteiger charge is 2.39. The largest absolute Gasteiger partial charge is 0.456 e. The predicted molar refractivity (Wildman–Crippen MR) is 131 cm³/mol. The van der Waals surface area contributed by atoms with E-state index in [4.69, 9.17) is 4.74 Å². The van der Waals surface area contributed by atoms with Gasteiger partial charge in [0.25, 0.3) is 0 Å². The maximum absolute atomic E-state index is 13.2. The van der Waals surface area contributed by atoms with E-state index < -0.39 is 0 Å². The van der Waals surface area contributed by atoms with Crippen LogP contribution < -0.4 is 15.0 Å². The minimum atomic E-state index is 0.177. The Hall–Kier alpha value is -3.19. The van der Waals surface area contributed by atoms with Crippen molar-refractivity contribution in [2.45, 2.75) is 57.5 Å². The zero-order valence-corrected chi connectivity index (χ0v) is 19.6. The third-order valence-electron chi connectivity index (χ3n) is 7.34. The first-order chi connectivity index (χ1) is 16.7. The van der Waals surface area contributed by atoms with Crippen molar-refractivity contribution in [3.63, 3.8) is 0 Å². The van der Waals surface area contributed by atoms with Crippen LogP contribution in [0.25, 0.3) is 11.3 Å². The van der Waals surface area contributed by atoms with Crippen molar-refractivity contribution >= 4 is 11.6 Å². The lowest BCUT2D eigenvalue weighted by Gasteiger charge is -2.36. The average Bonchev–Trinajstić information content (AvgIpc) is 3.61. The first-order valence-electron chi connectivity index (χ1n) is 12.5. The van der Waals surface area contributed by atoms with Crippen LogP contribution >= 0.6 is 0 Å². The minimum absolute atomic E-state index is 0.177. The third kappa shape index (κ3) is 3.98. The van der Waals surface area contributed by atoms with Crippen molar-refractivity contribution in [2.75, 3.05) is 18.0 Å². The third-order valence-corrected chi connectivity index (χ3v) is 7.34. The van der Waals surface area contributed by atoms with Crippen LogP contribution in [0.3, 0.4) is 0 Å². The lowest BCUT2D eigenvalue weighted by Crippen LogP contribution is -2.43. The van der Waals surface area contributed by atoms with Gasteiger partial charge in [-0.1, -0.05) is 23.4 Å². The molecule has 0 spiro atoms. The zero-order valence-electron chi connectivity index (χ0n) is 19.6. The Morgan fingerprint density at radius 1 is 1.03 bits per heavy atom. The van der Waals surface area contributed by atoms with E-state index >= 15 is 0 Å². The first kappa shape index (κ1) is 21.4. The van der Waals surface area contributed by atoms with Crippen LogP contribution in [0, 0.1) is 5.92 Å². The van der Waals surface area contributed by atoms with Crippen LogP contribution in [0.4, 0.5) is 5.69 Å². The van der Waals surface area contributed by atoms with Gasteiger partial charge in [0.15, 0.2) is 0 Å². The number of hydrogen-bond donors (Lipinski definition) is 1. The Balaban J connectivity index is 1.43. The molecule has 1 saturated carbocycles. The van der Waals surface area contributed by atoms with Gasteiger partial charge in [-0.25, -0.2) is 4.68 Å². The Morgan fingerprint density at radius 3 is 2.59 bits per heavy atom. The number of nitrogens with zero attached hydrogens (tertiary/aromatic N) is 4. The molecule has 34 heavy (non-hydrogen) atoms. The summed E-state index contributed by atoms with van der Waals surface area (Å²) >= 11 is 0. The molecule has 1 saturated heterocycles. The fraction of sp³-hybridized carbons (Fsp3) is 0.444. The molecular weight excluding hydrogens is 426 g/mol. The summed E-state index contributed by atoms with van der Waals surface area (Å²) in [6, 6.07) is 14.6. The van der Waals surface area contributed by atoms with Crippen LogP contribution in [-0.2, 0) is 11.2 Å². The molecule has 176 valence electrons. The van der Waals surface area contributed by atoms with E-state index in [0.717, 1.165) is 85.6 Å². The number of fused-ring (bicyclic) bond motifs is 1. The highest BCUT2D eigenvalue weighted by molar-refractivity contribution is 5.99. The molecule has 1 aliphatic carbocycles. The molecule has 6 rings (SSSR count). The Bertz CT molecular complexity index is 1180. The highest BCUT2D eigenvalue weighted by Crippen LogP contribution is 2.46. The van der Waals surface area contributed by atoms with Gasteiger partial charge in [-0.15, -0.1) is 5.10 Å². The smallest absolute Gasteiger partial charge is 0.230 e. The summed E-state index contributed by atoms with van der Waals surface area (Å²) in [6.45, 7) is 4.16. The van der Waals surface area contributed by atoms with Crippen molar-refractivity contribution in [1.82, 2.24) is 20.3 Å². The van der Waals surface area contributed by atoms with Gasteiger partial charge >= 0.3 is 0 Å². The molecule has 1 atom stereocenters. The molecule has 1 N–H and O–H groups in total. The zero-order chi connectivity index (χ0) is 23.1. The predicted octanol–water partition coefficient (Wildman–Crippen LogP) is 4.74. The fourth-order valence-corrected chi connectivity index (χ4v) is 5.24. The molecule has 2 fully saturated rings. The van der Waals surface area contributed by atoms with Crippen LogP contribution in [-0.4, -0.2) is 40.0 Å². The number of carbonyl (C=O) groups excluding carboxylic acids is 1. The van der Waals surface area contributed by atoms with Crippen molar-refractivity contribution in [1.29, 1.82) is 0 Å². The number of ether oxygens (including phenoxy) is 1. The fourth-order valence-electron chi connectivity index (χ4n) is 5.24. The molecule has 3 aromatic rings. The highest BCUT2D eigenvalue weighted by atomic mass is 16.5. The summed E-state index contributed by atoms with van der Waals surface area (Å²) in [5.74, 6) is 2.00. The molecule has 7 nitrogen and oxygen atoms in total. The summed E-state index contributed by atoms with van der Waals surface area (Å²) in [5, 5.41) is 12.4. The average molecular weight is 458 g/mol. The number of rotatable bonds is 5. The monoisotopic (exact) mass is 457 g/mol. The standard InChI is InChI=1S/C27H31N5O2/c1-18-7-10-23-25(32(18)27(33)19-8-9-19)12-11-22(26(23)34-21-5-3-2-4-6-21)24-17-31(30-29-24)20-13-15-28-16-14-20/h2-6,11-12,17-20,28H,7-10,13-16H2,1H3. The molecule has 3 aliphatic rings. The van der Waals surface area contributed by atoms with E-state index in [0.29, 0.717) is 6.04 Å². The molecule has 2 aromatic carbocycles. The number of para-hydroxylation sites is 1. The van der Waals surface area contributed by atoms with Gasteiger partial charge in [0.2, 0.25) is 5.91 Å². The SMILES string of the molecule is CC1CCc2c(ccc(-c3cn(C4CCNCC4)nn3)c2Oc2ccccc2)N1C(=O)C1CC1. The maximum atomic E-state index is 13.2. The molecule has 0 bridgehead atoms. The number of anilines is 1. The molecule has 1 amide bonds. The van der Waals surface area contributed by atoms with Crippen LogP contribution in [0.2, 0.25) is 0 Å². The van der Waals surface area contributed by atoms with Gasteiger partial charge in [-0.3, -0.25) is 4.79 Å². The second-order valence-corrected chi connectivity index (χ2v) is 9.79. The summed E-state index contributed by atoms with van der Waals surface area (Å²) in [7, 11) is 0. The van der Waals surface area contributed by atoms with E-state index in [1.165, 1.54) is 0 Å². The molecule has 7 heteroatoms. The lowest BCUT2D eigenvalue weighted by atomic mass is 9.92. The summed E-state index contributed by atoms with van der Waals surface area (Å²) in [6.07, 6.45) is 7.94. The van der Waals surface area contributed by atoms with Crippen LogP contribution in [0.1, 0.15) is 50.6 Å². The number of benzene rings is 2. The second kappa shape index (κ2) is 8.87. The van der Waals surface area contributed by atoms with Crippen molar-refractivity contribution in [3.05, 3.63) is 54.2 Å². The minimum Gasteiger partial charge on any atom is -0.456 e. The first-order valence-corrected chi connectivity index (χ1v) is 12.5. The van der Waals surface area contributed by atoms with Crippen LogP contribution in [0.5, 0.6) is 11.5 Å². The number of aromatic nitrogens is 3. The van der Waals surface area contributed by atoms with Gasteiger partial charge in [-0.2, -0.15) is 0 Å². The van der Waals surface area contributed by atoms with E-state index in [1.807, 2.05) is 46.1 Å². The van der Waals surface area contributed by atoms with E-state index in [1.54, 1.807) is 0 Å². The van der Waals surface area contributed by atoms with Gasteiger partial charge in [0.05, 0.1) is 17.9 Å². The summed E-state index contributed by atoms with van der Waals surface area (Å²) in [5.41, 5.74) is 3.81. The second-order valence-electron chi connectivity index (χ2n) is 9.79. The molecule has 2 aliphatic heterocycles. The maximum Gasteiger partial charge on any atom is 0.230 e. The number of carbonyl (C=O) groups is 1. The Kier molecular flexibility index (Phi) is 5.57. The molecule has 3 heterocycles. The van der Waals surface area contributed by atoms with Gasteiger partial charge in [0.1, 0.15) is 17.2 Å². The van der Waals surface area contributed by atoms with Crippen molar-refractivity contribution in [3.8, 4) is 22.8 Å². The summed E-state index contributed by atoms with van der Waals surface area (Å²) < 4.78 is 8.54. The van der Waals surface area contributed by atoms with Gasteiger partial charge < -0.3 is 15.0 Å². The number of hydrogen-bond acceptors (Lipinski definition) is 5. The topological polar surface area (TPSA) is 72.3 Å².